The van der Waals surface area contributed by atoms with E-state index in [9.17, 15) is 0 Å². The molecule has 2 heterocycles. The topological polar surface area (TPSA) is 51.4 Å². The third-order valence-corrected chi connectivity index (χ3v) is 3.23. The van der Waals surface area contributed by atoms with Crippen LogP contribution in [0.4, 0.5) is 5.69 Å². The second-order valence-corrected chi connectivity index (χ2v) is 5.73. The fraction of sp³-hybridized carbons (Fsp3) is 0.643. The summed E-state index contributed by atoms with van der Waals surface area (Å²) in [4.78, 5) is 6.69. The average Bonchev–Trinajstić information content (AvgIpc) is 2.26. The quantitative estimate of drug-likeness (QED) is 0.869. The lowest BCUT2D eigenvalue weighted by Crippen LogP contribution is -2.52. The minimum Gasteiger partial charge on any atom is -0.369 e. The molecule has 1 unspecified atom stereocenters. The van der Waals surface area contributed by atoms with Crippen molar-refractivity contribution in [2.45, 2.75) is 45.9 Å². The van der Waals surface area contributed by atoms with Crippen molar-refractivity contribution in [3.05, 3.63) is 23.5 Å². The molecule has 2 rings (SSSR count). The third kappa shape index (κ3) is 2.82. The van der Waals surface area contributed by atoms with Gasteiger partial charge in [0, 0.05) is 42.8 Å². The van der Waals surface area contributed by atoms with Crippen molar-refractivity contribution < 1.29 is 4.74 Å². The molecule has 1 saturated heterocycles. The molecule has 0 aromatic carbocycles. The number of rotatable bonds is 2. The number of morpholine rings is 1. The van der Waals surface area contributed by atoms with Crippen LogP contribution < -0.4 is 10.6 Å². The summed E-state index contributed by atoms with van der Waals surface area (Å²) in [6.45, 7) is 10.7. The third-order valence-electron chi connectivity index (χ3n) is 3.23. The highest BCUT2D eigenvalue weighted by Crippen LogP contribution is 2.28. The number of aryl methyl sites for hydroxylation is 1. The minimum absolute atomic E-state index is 0.124. The number of hydrogen-bond acceptors (Lipinski definition) is 4. The predicted octanol–water partition coefficient (Wildman–Crippen LogP) is 1.85. The van der Waals surface area contributed by atoms with E-state index in [-0.39, 0.29) is 11.7 Å². The number of aromatic nitrogens is 1. The Morgan fingerprint density at radius 2 is 2.28 bits per heavy atom. The molecular formula is C14H23N3O. The van der Waals surface area contributed by atoms with Crippen LogP contribution in [0.1, 0.15) is 32.0 Å². The van der Waals surface area contributed by atoms with Gasteiger partial charge in [0.2, 0.25) is 0 Å². The van der Waals surface area contributed by atoms with E-state index in [4.69, 9.17) is 10.5 Å². The summed E-state index contributed by atoms with van der Waals surface area (Å²) in [5.41, 5.74) is 9.02. The molecule has 1 fully saturated rings. The Morgan fingerprint density at radius 3 is 2.89 bits per heavy atom. The lowest BCUT2D eigenvalue weighted by Gasteiger charge is -2.43. The monoisotopic (exact) mass is 249 g/mol. The van der Waals surface area contributed by atoms with Gasteiger partial charge in [-0.2, -0.15) is 0 Å². The first-order valence-electron chi connectivity index (χ1n) is 6.49. The second kappa shape index (κ2) is 4.86. The Labute approximate surface area is 109 Å². The van der Waals surface area contributed by atoms with Crippen LogP contribution in [0.15, 0.2) is 12.3 Å². The van der Waals surface area contributed by atoms with Crippen LogP contribution in [0.5, 0.6) is 0 Å². The van der Waals surface area contributed by atoms with Gasteiger partial charge in [0.15, 0.2) is 0 Å². The zero-order chi connectivity index (χ0) is 13.3. The normalized spacial score (nSPS) is 23.2. The second-order valence-electron chi connectivity index (χ2n) is 5.73. The van der Waals surface area contributed by atoms with Gasteiger partial charge in [-0.05, 0) is 33.8 Å². The highest BCUT2D eigenvalue weighted by Gasteiger charge is 2.32. The summed E-state index contributed by atoms with van der Waals surface area (Å²) in [5.74, 6) is 0. The molecule has 1 aromatic heterocycles. The molecule has 1 aromatic rings. The van der Waals surface area contributed by atoms with Gasteiger partial charge in [0.05, 0.1) is 11.7 Å². The Bertz CT molecular complexity index is 431. The Balaban J connectivity index is 2.32. The highest BCUT2D eigenvalue weighted by molar-refractivity contribution is 5.54. The molecule has 0 radical (unpaired) electrons. The van der Waals surface area contributed by atoms with Crippen LogP contribution in [-0.2, 0) is 11.3 Å². The fourth-order valence-electron chi connectivity index (χ4n) is 2.66. The van der Waals surface area contributed by atoms with Crippen LogP contribution >= 0.6 is 0 Å². The molecule has 1 aliphatic heterocycles. The molecule has 4 nitrogen and oxygen atoms in total. The number of ether oxygens (including phenoxy) is 1. The van der Waals surface area contributed by atoms with Crippen LogP contribution in [0.2, 0.25) is 0 Å². The fourth-order valence-corrected chi connectivity index (χ4v) is 2.66. The van der Waals surface area contributed by atoms with Crippen LogP contribution in [0.25, 0.3) is 0 Å². The van der Waals surface area contributed by atoms with Gasteiger partial charge in [-0.3, -0.25) is 4.98 Å². The van der Waals surface area contributed by atoms with Gasteiger partial charge in [0.25, 0.3) is 0 Å². The van der Waals surface area contributed by atoms with E-state index in [0.29, 0.717) is 6.54 Å². The van der Waals surface area contributed by atoms with Crippen LogP contribution in [-0.4, -0.2) is 29.8 Å². The van der Waals surface area contributed by atoms with Gasteiger partial charge in [-0.15, -0.1) is 0 Å². The molecule has 0 spiro atoms. The smallest absolute Gasteiger partial charge is 0.0805 e. The Hall–Kier alpha value is -1.13. The van der Waals surface area contributed by atoms with Crippen molar-refractivity contribution in [2.24, 2.45) is 5.73 Å². The Morgan fingerprint density at radius 1 is 1.56 bits per heavy atom. The van der Waals surface area contributed by atoms with Crippen molar-refractivity contribution in [2.75, 3.05) is 18.0 Å². The largest absolute Gasteiger partial charge is 0.369 e. The zero-order valence-electron chi connectivity index (χ0n) is 11.7. The van der Waals surface area contributed by atoms with E-state index < -0.39 is 0 Å². The summed E-state index contributed by atoms with van der Waals surface area (Å²) in [5, 5.41) is 0. The zero-order valence-corrected chi connectivity index (χ0v) is 11.7. The number of nitrogens with two attached hydrogens (primary N) is 1. The van der Waals surface area contributed by atoms with Crippen LogP contribution in [0, 0.1) is 6.92 Å². The summed E-state index contributed by atoms with van der Waals surface area (Å²) in [6, 6.07) is 2.12. The van der Waals surface area contributed by atoms with Gasteiger partial charge in [-0.1, -0.05) is 0 Å². The highest BCUT2D eigenvalue weighted by atomic mass is 16.5. The molecule has 4 heteroatoms. The lowest BCUT2D eigenvalue weighted by atomic mass is 10.0. The van der Waals surface area contributed by atoms with Crippen molar-refractivity contribution >= 4 is 5.69 Å². The SMILES string of the molecule is Cc1cc(N2CC(C)OC(C)(C)C2)c(CN)cn1. The number of hydrogen-bond donors (Lipinski definition) is 1. The van der Waals surface area contributed by atoms with E-state index in [0.717, 1.165) is 24.3 Å². The van der Waals surface area contributed by atoms with Gasteiger partial charge < -0.3 is 15.4 Å². The van der Waals surface area contributed by atoms with Gasteiger partial charge >= 0.3 is 0 Å². The Kier molecular flexibility index (Phi) is 3.59. The minimum atomic E-state index is -0.124. The maximum absolute atomic E-state index is 5.94. The first-order chi connectivity index (χ1) is 8.41. The van der Waals surface area contributed by atoms with Crippen molar-refractivity contribution in [3.63, 3.8) is 0 Å². The number of pyridine rings is 1. The lowest BCUT2D eigenvalue weighted by molar-refractivity contribution is -0.0750. The number of anilines is 1. The average molecular weight is 249 g/mol. The first kappa shape index (κ1) is 13.3. The summed E-state index contributed by atoms with van der Waals surface area (Å²) >= 11 is 0. The molecule has 2 N–H and O–H groups in total. The summed E-state index contributed by atoms with van der Waals surface area (Å²) in [6.07, 6.45) is 2.12. The number of nitrogens with zero attached hydrogens (tertiary/aromatic N) is 2. The maximum atomic E-state index is 5.94. The van der Waals surface area contributed by atoms with Crippen molar-refractivity contribution in [1.29, 1.82) is 0 Å². The molecule has 1 atom stereocenters. The van der Waals surface area contributed by atoms with E-state index >= 15 is 0 Å². The molecule has 0 saturated carbocycles. The predicted molar refractivity (Wildman–Crippen MR) is 73.7 cm³/mol. The molecule has 0 bridgehead atoms. The maximum Gasteiger partial charge on any atom is 0.0805 e. The summed E-state index contributed by atoms with van der Waals surface area (Å²) < 4.78 is 5.94. The molecule has 18 heavy (non-hydrogen) atoms. The molecule has 100 valence electrons. The first-order valence-corrected chi connectivity index (χ1v) is 6.49. The molecule has 0 aliphatic carbocycles. The summed E-state index contributed by atoms with van der Waals surface area (Å²) in [7, 11) is 0. The van der Waals surface area contributed by atoms with E-state index in [1.807, 2.05) is 13.1 Å². The van der Waals surface area contributed by atoms with E-state index in [1.54, 1.807) is 0 Å². The standard InChI is InChI=1S/C14H23N3O/c1-10-5-13(12(6-15)7-16-10)17-8-11(2)18-14(3,4)9-17/h5,7,11H,6,8-9,15H2,1-4H3. The van der Waals surface area contributed by atoms with Gasteiger partial charge in [0.1, 0.15) is 0 Å². The van der Waals surface area contributed by atoms with Crippen molar-refractivity contribution in [3.8, 4) is 0 Å². The molecular weight excluding hydrogens is 226 g/mol. The van der Waals surface area contributed by atoms with E-state index in [1.165, 1.54) is 5.69 Å². The van der Waals surface area contributed by atoms with Crippen molar-refractivity contribution in [1.82, 2.24) is 4.98 Å². The molecule has 1 aliphatic rings. The van der Waals surface area contributed by atoms with Gasteiger partial charge in [-0.25, -0.2) is 0 Å². The van der Waals surface area contributed by atoms with E-state index in [2.05, 4.69) is 36.7 Å². The van der Waals surface area contributed by atoms with Crippen LogP contribution in [0.3, 0.4) is 0 Å². The molecule has 0 amide bonds.